The number of ether oxygens (including phenoxy) is 1. The second-order valence-corrected chi connectivity index (χ2v) is 6.44. The molecule has 28 heavy (non-hydrogen) atoms. The van der Waals surface area contributed by atoms with Crippen LogP contribution in [0.5, 0.6) is 0 Å². The molecule has 0 aliphatic carbocycles. The number of nitrogens with one attached hydrogen (secondary N) is 2. The average molecular weight is 382 g/mol. The van der Waals surface area contributed by atoms with Crippen molar-refractivity contribution >= 4 is 39.6 Å². The lowest BCUT2D eigenvalue weighted by Gasteiger charge is -2.29. The number of aromatic amines is 1. The van der Waals surface area contributed by atoms with Crippen LogP contribution < -0.4 is 10.2 Å². The Labute approximate surface area is 159 Å². The first kappa shape index (κ1) is 17.8. The van der Waals surface area contributed by atoms with E-state index >= 15 is 0 Å². The van der Waals surface area contributed by atoms with Crippen LogP contribution in [0.15, 0.2) is 42.5 Å². The monoisotopic (exact) mass is 382 g/mol. The van der Waals surface area contributed by atoms with Gasteiger partial charge in [-0.05, 0) is 30.3 Å². The van der Waals surface area contributed by atoms with Gasteiger partial charge in [-0.1, -0.05) is 6.07 Å². The minimum atomic E-state index is -1.18. The van der Waals surface area contributed by atoms with Crippen LogP contribution >= 0.6 is 0 Å². The minimum Gasteiger partial charge on any atom is -0.477 e. The molecule has 0 radical (unpaired) electrons. The molecule has 4 rings (SSSR count). The molecule has 2 aromatic carbocycles. The van der Waals surface area contributed by atoms with E-state index in [1.165, 1.54) is 12.1 Å². The Morgan fingerprint density at radius 1 is 1.21 bits per heavy atom. The molecule has 0 spiro atoms. The molecule has 1 aliphatic heterocycles. The zero-order chi connectivity index (χ0) is 19.7. The number of morpholine rings is 1. The zero-order valence-corrected chi connectivity index (χ0v) is 14.8. The third-order valence-electron chi connectivity index (χ3n) is 4.70. The van der Waals surface area contributed by atoms with Crippen molar-refractivity contribution in [2.45, 2.75) is 0 Å². The van der Waals surface area contributed by atoms with Crippen LogP contribution in [0, 0.1) is 10.1 Å². The van der Waals surface area contributed by atoms with Crippen LogP contribution in [0.1, 0.15) is 10.5 Å². The van der Waals surface area contributed by atoms with Crippen molar-refractivity contribution in [2.24, 2.45) is 0 Å². The van der Waals surface area contributed by atoms with Gasteiger partial charge in [0.05, 0.1) is 18.1 Å². The normalized spacial score (nSPS) is 14.2. The smallest absolute Gasteiger partial charge is 0.352 e. The van der Waals surface area contributed by atoms with Gasteiger partial charge in [0, 0.05) is 41.6 Å². The molecule has 1 aromatic heterocycles. The summed E-state index contributed by atoms with van der Waals surface area (Å²) in [6, 6.07) is 12.2. The van der Waals surface area contributed by atoms with Crippen molar-refractivity contribution in [2.75, 3.05) is 36.5 Å². The van der Waals surface area contributed by atoms with Crippen LogP contribution in [0.25, 0.3) is 10.9 Å². The van der Waals surface area contributed by atoms with Gasteiger partial charge in [-0.3, -0.25) is 10.1 Å². The fourth-order valence-corrected chi connectivity index (χ4v) is 3.34. The number of fused-ring (bicyclic) bond motifs is 1. The number of aromatic nitrogens is 1. The number of carboxylic acid groups (broad SMARTS) is 1. The van der Waals surface area contributed by atoms with Crippen molar-refractivity contribution in [1.29, 1.82) is 0 Å². The van der Waals surface area contributed by atoms with Gasteiger partial charge in [0.1, 0.15) is 11.2 Å². The molecule has 3 N–H and O–H groups in total. The third kappa shape index (κ3) is 3.35. The van der Waals surface area contributed by atoms with E-state index in [0.29, 0.717) is 24.3 Å². The SMILES string of the molecule is O=C(O)c1cc2c(Nc3cccc(N4CCOCC4)c3)ccc([N+](=O)[O-])c2[nH]1. The Morgan fingerprint density at radius 2 is 2.00 bits per heavy atom. The number of nitrogens with zero attached hydrogens (tertiary/aromatic N) is 2. The number of carbonyl (C=O) groups is 1. The van der Waals surface area contributed by atoms with E-state index in [4.69, 9.17) is 4.74 Å². The maximum absolute atomic E-state index is 11.3. The van der Waals surface area contributed by atoms with Gasteiger partial charge in [-0.25, -0.2) is 4.79 Å². The van der Waals surface area contributed by atoms with Gasteiger partial charge >= 0.3 is 5.97 Å². The van der Waals surface area contributed by atoms with E-state index in [0.717, 1.165) is 24.5 Å². The predicted molar refractivity (Wildman–Crippen MR) is 105 cm³/mol. The van der Waals surface area contributed by atoms with Crippen molar-refractivity contribution < 1.29 is 19.6 Å². The standard InChI is InChI=1S/C19H18N4O5/c24-19(25)16-11-14-15(4-5-17(23(26)27)18(14)21-16)20-12-2-1-3-13(10-12)22-6-8-28-9-7-22/h1-5,10-11,20-21H,6-9H2,(H,24,25). The van der Waals surface area contributed by atoms with Crippen LogP contribution in [0.3, 0.4) is 0 Å². The summed E-state index contributed by atoms with van der Waals surface area (Å²) >= 11 is 0. The van der Waals surface area contributed by atoms with Gasteiger partial charge in [0.15, 0.2) is 0 Å². The molecule has 2 heterocycles. The highest BCUT2D eigenvalue weighted by Crippen LogP contribution is 2.34. The molecular formula is C19H18N4O5. The summed E-state index contributed by atoms with van der Waals surface area (Å²) in [5, 5.41) is 24.2. The molecule has 9 heteroatoms. The summed E-state index contributed by atoms with van der Waals surface area (Å²) in [5.41, 5.74) is 2.34. The van der Waals surface area contributed by atoms with Crippen LogP contribution in [0.4, 0.5) is 22.7 Å². The third-order valence-corrected chi connectivity index (χ3v) is 4.70. The first-order chi connectivity index (χ1) is 13.5. The Hall–Kier alpha value is -3.59. The Morgan fingerprint density at radius 3 is 2.71 bits per heavy atom. The first-order valence-corrected chi connectivity index (χ1v) is 8.76. The number of anilines is 3. The van der Waals surface area contributed by atoms with Gasteiger partial charge in [0.2, 0.25) is 0 Å². The van der Waals surface area contributed by atoms with E-state index < -0.39 is 10.9 Å². The number of H-pyrrole nitrogens is 1. The van der Waals surface area contributed by atoms with Crippen LogP contribution in [-0.4, -0.2) is 47.3 Å². The molecule has 9 nitrogen and oxygen atoms in total. The lowest BCUT2D eigenvalue weighted by molar-refractivity contribution is -0.383. The van der Waals surface area contributed by atoms with Crippen molar-refractivity contribution in [3.8, 4) is 0 Å². The molecule has 1 aliphatic rings. The second-order valence-electron chi connectivity index (χ2n) is 6.44. The summed E-state index contributed by atoms with van der Waals surface area (Å²) in [7, 11) is 0. The van der Waals surface area contributed by atoms with Gasteiger partial charge in [-0.15, -0.1) is 0 Å². The number of hydrogen-bond acceptors (Lipinski definition) is 6. The van der Waals surface area contributed by atoms with Crippen LogP contribution in [0.2, 0.25) is 0 Å². The maximum atomic E-state index is 11.3. The fourth-order valence-electron chi connectivity index (χ4n) is 3.34. The molecule has 0 amide bonds. The quantitative estimate of drug-likeness (QED) is 0.457. The molecule has 0 unspecified atom stereocenters. The van der Waals surface area contributed by atoms with Gasteiger partial charge in [-0.2, -0.15) is 0 Å². The highest BCUT2D eigenvalue weighted by molar-refractivity contribution is 6.03. The summed E-state index contributed by atoms with van der Waals surface area (Å²) in [6.07, 6.45) is 0. The van der Waals surface area contributed by atoms with Crippen LogP contribution in [-0.2, 0) is 4.74 Å². The molecule has 3 aromatic rings. The molecule has 0 saturated carbocycles. The van der Waals surface area contributed by atoms with E-state index in [9.17, 15) is 20.0 Å². The molecule has 144 valence electrons. The number of carboxylic acids is 1. The predicted octanol–water partition coefficient (Wildman–Crippen LogP) is 3.35. The lowest BCUT2D eigenvalue weighted by Crippen LogP contribution is -2.36. The summed E-state index contributed by atoms with van der Waals surface area (Å²) in [4.78, 5) is 26.9. The average Bonchev–Trinajstić information content (AvgIpc) is 3.15. The van der Waals surface area contributed by atoms with Gasteiger partial charge in [0.25, 0.3) is 5.69 Å². The molecule has 0 atom stereocenters. The summed E-state index contributed by atoms with van der Waals surface area (Å²) in [5.74, 6) is -1.18. The van der Waals surface area contributed by atoms with Gasteiger partial charge < -0.3 is 25.0 Å². The Bertz CT molecular complexity index is 1060. The second kappa shape index (κ2) is 7.20. The van der Waals surface area contributed by atoms with E-state index in [-0.39, 0.29) is 16.9 Å². The number of non-ortho nitro benzene ring substituents is 1. The highest BCUT2D eigenvalue weighted by atomic mass is 16.6. The molecule has 1 saturated heterocycles. The zero-order valence-electron chi connectivity index (χ0n) is 14.8. The van der Waals surface area contributed by atoms with E-state index in [1.54, 1.807) is 6.07 Å². The number of benzene rings is 2. The summed E-state index contributed by atoms with van der Waals surface area (Å²) in [6.45, 7) is 2.99. The Kier molecular flexibility index (Phi) is 4.58. The van der Waals surface area contributed by atoms with Crippen molar-refractivity contribution in [3.63, 3.8) is 0 Å². The largest absolute Gasteiger partial charge is 0.477 e. The van der Waals surface area contributed by atoms with E-state index in [1.807, 2.05) is 24.3 Å². The number of aromatic carboxylic acids is 1. The fraction of sp³-hybridized carbons (Fsp3) is 0.211. The minimum absolute atomic E-state index is 0.102. The highest BCUT2D eigenvalue weighted by Gasteiger charge is 2.20. The van der Waals surface area contributed by atoms with Crippen molar-refractivity contribution in [3.05, 3.63) is 58.3 Å². The number of nitro benzene ring substituents is 1. The lowest BCUT2D eigenvalue weighted by atomic mass is 10.1. The number of nitro groups is 1. The summed E-state index contributed by atoms with van der Waals surface area (Å²) < 4.78 is 5.38. The Balaban J connectivity index is 1.71. The number of rotatable bonds is 5. The van der Waals surface area contributed by atoms with Crippen molar-refractivity contribution in [1.82, 2.24) is 4.98 Å². The molecular weight excluding hydrogens is 364 g/mol. The molecule has 0 bridgehead atoms. The topological polar surface area (TPSA) is 121 Å². The molecule has 1 fully saturated rings. The van der Waals surface area contributed by atoms with E-state index in [2.05, 4.69) is 15.2 Å². The maximum Gasteiger partial charge on any atom is 0.352 e. The first-order valence-electron chi connectivity index (χ1n) is 8.76. The number of hydrogen-bond donors (Lipinski definition) is 3.